The molecule has 0 aromatic heterocycles. The van der Waals surface area contributed by atoms with Crippen molar-refractivity contribution in [3.05, 3.63) is 30.3 Å². The van der Waals surface area contributed by atoms with Gasteiger partial charge < -0.3 is 0 Å². The largest absolute Gasteiger partial charge is 0.281 e. The molecule has 60 valence electrons. The number of para-hydroxylation sites is 1. The minimum atomic E-state index is 0.601. The molecule has 0 atom stereocenters. The zero-order valence-corrected chi connectivity index (χ0v) is 6.78. The summed E-state index contributed by atoms with van der Waals surface area (Å²) in [5, 5.41) is 10.7. The van der Waals surface area contributed by atoms with Crippen LogP contribution in [0.25, 0.3) is 0 Å². The summed E-state index contributed by atoms with van der Waals surface area (Å²) < 4.78 is 0. The Bertz CT molecular complexity index is 308. The van der Waals surface area contributed by atoms with Gasteiger partial charge in [0.2, 0.25) is 0 Å². The Morgan fingerprint density at radius 3 is 2.67 bits per heavy atom. The van der Waals surface area contributed by atoms with Crippen LogP contribution in [0.1, 0.15) is 6.92 Å². The number of nitrogens with one attached hydrogen (secondary N) is 1. The van der Waals surface area contributed by atoms with Gasteiger partial charge in [-0.3, -0.25) is 5.32 Å². The van der Waals surface area contributed by atoms with Gasteiger partial charge in [-0.05, 0) is 19.1 Å². The molecule has 0 bridgehead atoms. The number of benzene rings is 1. The summed E-state index contributed by atoms with van der Waals surface area (Å²) >= 11 is 0. The Morgan fingerprint density at radius 1 is 1.42 bits per heavy atom. The van der Waals surface area contributed by atoms with E-state index in [9.17, 15) is 0 Å². The molecule has 1 aromatic carbocycles. The van der Waals surface area contributed by atoms with Gasteiger partial charge in [-0.15, -0.1) is 0 Å². The molecule has 0 spiro atoms. The monoisotopic (exact) mass is 159 g/mol. The SMILES string of the molecule is CC(=Nc1ccccc1)NC#N. The minimum absolute atomic E-state index is 0.601. The first kappa shape index (κ1) is 8.28. The van der Waals surface area contributed by atoms with E-state index in [-0.39, 0.29) is 0 Å². The van der Waals surface area contributed by atoms with Gasteiger partial charge in [-0.1, -0.05) is 18.2 Å². The summed E-state index contributed by atoms with van der Waals surface area (Å²) in [5.74, 6) is 0.601. The van der Waals surface area contributed by atoms with Gasteiger partial charge >= 0.3 is 0 Å². The van der Waals surface area contributed by atoms with Crippen molar-refractivity contribution in [3.63, 3.8) is 0 Å². The molecule has 0 saturated carbocycles. The molecule has 0 amide bonds. The van der Waals surface area contributed by atoms with Gasteiger partial charge in [-0.25, -0.2) is 4.99 Å². The molecular formula is C9H9N3. The van der Waals surface area contributed by atoms with Crippen LogP contribution in [0, 0.1) is 11.5 Å². The lowest BCUT2D eigenvalue weighted by Gasteiger charge is -1.95. The van der Waals surface area contributed by atoms with Crippen molar-refractivity contribution in [2.45, 2.75) is 6.92 Å². The smallest absolute Gasteiger partial charge is 0.182 e. The first-order valence-corrected chi connectivity index (χ1v) is 3.58. The molecule has 3 heteroatoms. The Morgan fingerprint density at radius 2 is 2.08 bits per heavy atom. The molecule has 1 N–H and O–H groups in total. The summed E-state index contributed by atoms with van der Waals surface area (Å²) in [7, 11) is 0. The number of nitriles is 1. The van der Waals surface area contributed by atoms with Gasteiger partial charge in [0.1, 0.15) is 5.84 Å². The van der Waals surface area contributed by atoms with Gasteiger partial charge in [-0.2, -0.15) is 5.26 Å². The number of hydrogen-bond donors (Lipinski definition) is 1. The topological polar surface area (TPSA) is 48.2 Å². The maximum Gasteiger partial charge on any atom is 0.182 e. The molecule has 0 heterocycles. The average molecular weight is 159 g/mol. The summed E-state index contributed by atoms with van der Waals surface area (Å²) in [6.07, 6.45) is 1.81. The summed E-state index contributed by atoms with van der Waals surface area (Å²) in [6.45, 7) is 1.75. The van der Waals surface area contributed by atoms with E-state index in [1.54, 1.807) is 13.1 Å². The zero-order chi connectivity index (χ0) is 8.81. The summed E-state index contributed by atoms with van der Waals surface area (Å²) in [6, 6.07) is 9.48. The van der Waals surface area contributed by atoms with Gasteiger partial charge in [0.25, 0.3) is 0 Å². The molecule has 0 fully saturated rings. The molecule has 12 heavy (non-hydrogen) atoms. The first-order chi connectivity index (χ1) is 5.83. The highest BCUT2D eigenvalue weighted by molar-refractivity contribution is 5.83. The maximum absolute atomic E-state index is 8.27. The predicted octanol–water partition coefficient (Wildman–Crippen LogP) is 1.81. The fraction of sp³-hybridized carbons (Fsp3) is 0.111. The molecule has 0 aliphatic rings. The third-order valence-electron chi connectivity index (χ3n) is 1.29. The van der Waals surface area contributed by atoms with Crippen molar-refractivity contribution in [3.8, 4) is 6.19 Å². The molecule has 0 unspecified atom stereocenters. The highest BCUT2D eigenvalue weighted by Gasteiger charge is 1.88. The Hall–Kier alpha value is -1.82. The van der Waals surface area contributed by atoms with Crippen LogP contribution in [-0.4, -0.2) is 5.84 Å². The lowest BCUT2D eigenvalue weighted by Crippen LogP contribution is -2.12. The van der Waals surface area contributed by atoms with Crippen molar-refractivity contribution in [2.75, 3.05) is 0 Å². The molecule has 1 aromatic rings. The third-order valence-corrected chi connectivity index (χ3v) is 1.29. The Labute approximate surface area is 71.4 Å². The van der Waals surface area contributed by atoms with Crippen LogP contribution in [0.15, 0.2) is 35.3 Å². The van der Waals surface area contributed by atoms with Crippen LogP contribution in [0.4, 0.5) is 5.69 Å². The quantitative estimate of drug-likeness (QED) is 0.294. The van der Waals surface area contributed by atoms with E-state index in [0.29, 0.717) is 5.84 Å². The number of rotatable bonds is 1. The molecule has 0 saturated heterocycles. The van der Waals surface area contributed by atoms with E-state index in [0.717, 1.165) is 5.69 Å². The van der Waals surface area contributed by atoms with E-state index in [1.165, 1.54) is 0 Å². The molecular weight excluding hydrogens is 150 g/mol. The van der Waals surface area contributed by atoms with E-state index < -0.39 is 0 Å². The number of amidine groups is 1. The molecule has 0 radical (unpaired) electrons. The van der Waals surface area contributed by atoms with Gasteiger partial charge in [0.15, 0.2) is 6.19 Å². The van der Waals surface area contributed by atoms with Crippen LogP contribution in [0.2, 0.25) is 0 Å². The van der Waals surface area contributed by atoms with E-state index in [1.807, 2.05) is 30.3 Å². The lowest BCUT2D eigenvalue weighted by molar-refractivity contribution is 1.23. The number of aliphatic imine (C=N–C) groups is 1. The number of nitrogens with zero attached hydrogens (tertiary/aromatic N) is 2. The highest BCUT2D eigenvalue weighted by Crippen LogP contribution is 2.08. The van der Waals surface area contributed by atoms with Crippen molar-refractivity contribution >= 4 is 11.5 Å². The third kappa shape index (κ3) is 2.43. The summed E-state index contributed by atoms with van der Waals surface area (Å²) in [4.78, 5) is 4.13. The molecule has 3 nitrogen and oxygen atoms in total. The van der Waals surface area contributed by atoms with Gasteiger partial charge in [0, 0.05) is 0 Å². The average Bonchev–Trinajstić information content (AvgIpc) is 2.06. The second-order valence-electron chi connectivity index (χ2n) is 2.27. The standard InChI is InChI=1S/C9H9N3/c1-8(11-7-10)12-9-5-3-2-4-6-9/h2-6H,1H3,(H,11,12). The fourth-order valence-corrected chi connectivity index (χ4v) is 0.805. The maximum atomic E-state index is 8.27. The summed E-state index contributed by atoms with van der Waals surface area (Å²) in [5.41, 5.74) is 0.845. The van der Waals surface area contributed by atoms with Crippen LogP contribution < -0.4 is 5.32 Å². The highest BCUT2D eigenvalue weighted by atomic mass is 15.0. The molecule has 0 aliphatic heterocycles. The minimum Gasteiger partial charge on any atom is -0.281 e. The van der Waals surface area contributed by atoms with Crippen LogP contribution in [0.3, 0.4) is 0 Å². The first-order valence-electron chi connectivity index (χ1n) is 3.58. The normalized spacial score (nSPS) is 10.5. The molecule has 0 aliphatic carbocycles. The fourth-order valence-electron chi connectivity index (χ4n) is 0.805. The van der Waals surface area contributed by atoms with E-state index in [2.05, 4.69) is 10.3 Å². The van der Waals surface area contributed by atoms with Crippen molar-refractivity contribution in [1.82, 2.24) is 5.32 Å². The van der Waals surface area contributed by atoms with E-state index >= 15 is 0 Å². The van der Waals surface area contributed by atoms with Gasteiger partial charge in [0.05, 0.1) is 5.69 Å². The second-order valence-corrected chi connectivity index (χ2v) is 2.27. The predicted molar refractivity (Wildman–Crippen MR) is 48.0 cm³/mol. The lowest BCUT2D eigenvalue weighted by atomic mass is 10.3. The Balaban J connectivity index is 2.76. The van der Waals surface area contributed by atoms with Crippen LogP contribution in [0.5, 0.6) is 0 Å². The van der Waals surface area contributed by atoms with Crippen LogP contribution >= 0.6 is 0 Å². The van der Waals surface area contributed by atoms with Crippen LogP contribution in [-0.2, 0) is 0 Å². The number of hydrogen-bond acceptors (Lipinski definition) is 2. The van der Waals surface area contributed by atoms with Crippen molar-refractivity contribution in [2.24, 2.45) is 4.99 Å². The van der Waals surface area contributed by atoms with E-state index in [4.69, 9.17) is 5.26 Å². The molecule has 1 rings (SSSR count). The van der Waals surface area contributed by atoms with Crippen molar-refractivity contribution in [1.29, 1.82) is 5.26 Å². The zero-order valence-electron chi connectivity index (χ0n) is 6.78. The Kier molecular flexibility index (Phi) is 2.86. The second kappa shape index (κ2) is 4.14. The van der Waals surface area contributed by atoms with Crippen molar-refractivity contribution < 1.29 is 0 Å².